The SMILES string of the molecule is Clc1cccc2c1CNCC2CNC1CC1. The van der Waals surface area contributed by atoms with Gasteiger partial charge in [-0.25, -0.2) is 0 Å². The van der Waals surface area contributed by atoms with E-state index >= 15 is 0 Å². The molecule has 1 fully saturated rings. The van der Waals surface area contributed by atoms with Gasteiger partial charge in [-0.15, -0.1) is 0 Å². The molecule has 1 atom stereocenters. The van der Waals surface area contributed by atoms with Crippen LogP contribution in [0.4, 0.5) is 0 Å². The molecular formula is C13H17ClN2. The van der Waals surface area contributed by atoms with Crippen LogP contribution in [0.5, 0.6) is 0 Å². The molecule has 1 heterocycles. The van der Waals surface area contributed by atoms with Gasteiger partial charge in [0.1, 0.15) is 0 Å². The number of fused-ring (bicyclic) bond motifs is 1. The lowest BCUT2D eigenvalue weighted by atomic mass is 9.91. The molecule has 1 saturated carbocycles. The number of hydrogen-bond donors (Lipinski definition) is 2. The van der Waals surface area contributed by atoms with E-state index in [-0.39, 0.29) is 0 Å². The van der Waals surface area contributed by atoms with Crippen LogP contribution in [-0.4, -0.2) is 19.1 Å². The maximum Gasteiger partial charge on any atom is 0.0453 e. The third kappa shape index (κ3) is 2.10. The maximum absolute atomic E-state index is 6.22. The average molecular weight is 237 g/mol. The highest BCUT2D eigenvalue weighted by Gasteiger charge is 2.25. The molecule has 1 unspecified atom stereocenters. The summed E-state index contributed by atoms with van der Waals surface area (Å²) in [6.45, 7) is 3.05. The highest BCUT2D eigenvalue weighted by molar-refractivity contribution is 6.31. The van der Waals surface area contributed by atoms with Gasteiger partial charge < -0.3 is 10.6 Å². The standard InChI is InChI=1S/C13H17ClN2/c14-13-3-1-2-11-9(6-15-8-12(11)13)7-16-10-4-5-10/h1-3,9-10,15-16H,4-8H2. The van der Waals surface area contributed by atoms with Crippen molar-refractivity contribution in [1.29, 1.82) is 0 Å². The first kappa shape index (κ1) is 10.6. The van der Waals surface area contributed by atoms with E-state index in [9.17, 15) is 0 Å². The van der Waals surface area contributed by atoms with Crippen LogP contribution < -0.4 is 10.6 Å². The van der Waals surface area contributed by atoms with Gasteiger partial charge in [0.25, 0.3) is 0 Å². The zero-order valence-corrected chi connectivity index (χ0v) is 10.1. The molecule has 0 saturated heterocycles. The van der Waals surface area contributed by atoms with Crippen LogP contribution in [0.1, 0.15) is 29.9 Å². The fourth-order valence-corrected chi connectivity index (χ4v) is 2.65. The Bertz CT molecular complexity index is 388. The average Bonchev–Trinajstić information content (AvgIpc) is 3.11. The Hall–Kier alpha value is -0.570. The fourth-order valence-electron chi connectivity index (χ4n) is 2.40. The number of benzene rings is 1. The molecule has 0 spiro atoms. The molecule has 1 aliphatic carbocycles. The van der Waals surface area contributed by atoms with Gasteiger partial charge in [0.2, 0.25) is 0 Å². The molecule has 2 aliphatic rings. The van der Waals surface area contributed by atoms with Crippen molar-refractivity contribution < 1.29 is 0 Å². The van der Waals surface area contributed by atoms with Crippen LogP contribution in [-0.2, 0) is 6.54 Å². The largest absolute Gasteiger partial charge is 0.313 e. The summed E-state index contributed by atoms with van der Waals surface area (Å²) >= 11 is 6.22. The second-order valence-corrected chi connectivity index (χ2v) is 5.23. The van der Waals surface area contributed by atoms with Crippen LogP contribution in [0.3, 0.4) is 0 Å². The Labute approximate surface area is 101 Å². The van der Waals surface area contributed by atoms with Crippen LogP contribution in [0.25, 0.3) is 0 Å². The lowest BCUT2D eigenvalue weighted by Gasteiger charge is -2.27. The van der Waals surface area contributed by atoms with Gasteiger partial charge in [0, 0.05) is 36.6 Å². The molecule has 16 heavy (non-hydrogen) atoms. The van der Waals surface area contributed by atoms with Gasteiger partial charge in [-0.2, -0.15) is 0 Å². The topological polar surface area (TPSA) is 24.1 Å². The van der Waals surface area contributed by atoms with E-state index in [1.165, 1.54) is 24.0 Å². The van der Waals surface area contributed by atoms with Crippen molar-refractivity contribution in [3.63, 3.8) is 0 Å². The van der Waals surface area contributed by atoms with E-state index < -0.39 is 0 Å². The van der Waals surface area contributed by atoms with Crippen molar-refractivity contribution in [3.05, 3.63) is 34.3 Å². The summed E-state index contributed by atoms with van der Waals surface area (Å²) in [5.74, 6) is 0.572. The van der Waals surface area contributed by atoms with E-state index in [1.54, 1.807) is 0 Å². The van der Waals surface area contributed by atoms with E-state index in [2.05, 4.69) is 22.8 Å². The van der Waals surface area contributed by atoms with Crippen LogP contribution in [0, 0.1) is 0 Å². The number of nitrogens with one attached hydrogen (secondary N) is 2. The minimum atomic E-state index is 0.572. The van der Waals surface area contributed by atoms with Crippen LogP contribution in [0.2, 0.25) is 5.02 Å². The van der Waals surface area contributed by atoms with E-state index in [0.717, 1.165) is 30.7 Å². The molecule has 3 heteroatoms. The van der Waals surface area contributed by atoms with Crippen molar-refractivity contribution in [2.45, 2.75) is 31.3 Å². The molecule has 0 aromatic heterocycles. The van der Waals surface area contributed by atoms with Gasteiger partial charge in [0.05, 0.1) is 0 Å². The summed E-state index contributed by atoms with van der Waals surface area (Å²) in [5.41, 5.74) is 2.72. The number of rotatable bonds is 3. The van der Waals surface area contributed by atoms with E-state index in [0.29, 0.717) is 5.92 Å². The fraction of sp³-hybridized carbons (Fsp3) is 0.538. The molecule has 2 N–H and O–H groups in total. The highest BCUT2D eigenvalue weighted by atomic mass is 35.5. The Kier molecular flexibility index (Phi) is 2.88. The molecular weight excluding hydrogens is 220 g/mol. The molecule has 1 aromatic rings. The summed E-state index contributed by atoms with van der Waals surface area (Å²) in [5, 5.41) is 7.96. The van der Waals surface area contributed by atoms with Crippen molar-refractivity contribution in [2.75, 3.05) is 13.1 Å². The van der Waals surface area contributed by atoms with Gasteiger partial charge >= 0.3 is 0 Å². The van der Waals surface area contributed by atoms with Gasteiger partial charge in [-0.05, 0) is 30.0 Å². The number of halogens is 1. The zero-order chi connectivity index (χ0) is 11.0. The smallest absolute Gasteiger partial charge is 0.0453 e. The Morgan fingerprint density at radius 3 is 3.06 bits per heavy atom. The van der Waals surface area contributed by atoms with Crippen LogP contribution >= 0.6 is 11.6 Å². The highest BCUT2D eigenvalue weighted by Crippen LogP contribution is 2.29. The van der Waals surface area contributed by atoms with Crippen molar-refractivity contribution in [2.24, 2.45) is 0 Å². The van der Waals surface area contributed by atoms with E-state index in [1.807, 2.05) is 6.07 Å². The number of hydrogen-bond acceptors (Lipinski definition) is 2. The van der Waals surface area contributed by atoms with Gasteiger partial charge in [-0.3, -0.25) is 0 Å². The van der Waals surface area contributed by atoms with Crippen molar-refractivity contribution in [1.82, 2.24) is 10.6 Å². The molecule has 2 nitrogen and oxygen atoms in total. The zero-order valence-electron chi connectivity index (χ0n) is 9.30. The summed E-state index contributed by atoms with van der Waals surface area (Å²) < 4.78 is 0. The second-order valence-electron chi connectivity index (χ2n) is 4.82. The molecule has 0 bridgehead atoms. The predicted molar refractivity (Wildman–Crippen MR) is 66.9 cm³/mol. The summed E-state index contributed by atoms with van der Waals surface area (Å²) in [6, 6.07) is 7.06. The Morgan fingerprint density at radius 1 is 1.38 bits per heavy atom. The van der Waals surface area contributed by atoms with E-state index in [4.69, 9.17) is 11.6 Å². The third-order valence-electron chi connectivity index (χ3n) is 3.52. The summed E-state index contributed by atoms with van der Waals surface area (Å²) in [4.78, 5) is 0. The lowest BCUT2D eigenvalue weighted by Crippen LogP contribution is -2.35. The molecule has 1 aliphatic heterocycles. The maximum atomic E-state index is 6.22. The first-order valence-electron chi connectivity index (χ1n) is 6.06. The summed E-state index contributed by atoms with van der Waals surface area (Å²) in [7, 11) is 0. The van der Waals surface area contributed by atoms with Crippen LogP contribution in [0.15, 0.2) is 18.2 Å². The first-order chi connectivity index (χ1) is 7.84. The van der Waals surface area contributed by atoms with Gasteiger partial charge in [0.15, 0.2) is 0 Å². The Balaban J connectivity index is 1.78. The molecule has 0 radical (unpaired) electrons. The molecule has 86 valence electrons. The first-order valence-corrected chi connectivity index (χ1v) is 6.44. The minimum absolute atomic E-state index is 0.572. The third-order valence-corrected chi connectivity index (χ3v) is 3.87. The lowest BCUT2D eigenvalue weighted by molar-refractivity contribution is 0.502. The summed E-state index contributed by atoms with van der Waals surface area (Å²) in [6.07, 6.45) is 2.70. The van der Waals surface area contributed by atoms with Crippen molar-refractivity contribution in [3.8, 4) is 0 Å². The predicted octanol–water partition coefficient (Wildman–Crippen LogP) is 2.28. The quantitative estimate of drug-likeness (QED) is 0.842. The second kappa shape index (κ2) is 4.36. The Morgan fingerprint density at radius 2 is 2.25 bits per heavy atom. The van der Waals surface area contributed by atoms with Gasteiger partial charge in [-0.1, -0.05) is 23.7 Å². The van der Waals surface area contributed by atoms with Crippen molar-refractivity contribution >= 4 is 11.6 Å². The monoisotopic (exact) mass is 236 g/mol. The molecule has 1 aromatic carbocycles. The minimum Gasteiger partial charge on any atom is -0.313 e. The normalized spacial score (nSPS) is 24.2. The molecule has 0 amide bonds. The molecule has 3 rings (SSSR count).